The molecule has 2 heteroatoms. The minimum absolute atomic E-state index is 0.164. The van der Waals surface area contributed by atoms with Crippen molar-refractivity contribution in [1.82, 2.24) is 0 Å². The quantitative estimate of drug-likeness (QED) is 0.496. The van der Waals surface area contributed by atoms with E-state index in [1.807, 2.05) is 13.0 Å². The van der Waals surface area contributed by atoms with Gasteiger partial charge in [-0.2, -0.15) is 0 Å². The summed E-state index contributed by atoms with van der Waals surface area (Å²) >= 11 is 0. The van der Waals surface area contributed by atoms with Crippen molar-refractivity contribution in [3.8, 4) is 0 Å². The van der Waals surface area contributed by atoms with Crippen molar-refractivity contribution < 1.29 is 9.90 Å². The first-order valence-corrected chi connectivity index (χ1v) is 7.16. The zero-order valence-electron chi connectivity index (χ0n) is 12.7. The minimum Gasteiger partial charge on any atom is -0.389 e. The van der Waals surface area contributed by atoms with Crippen molar-refractivity contribution in [3.63, 3.8) is 0 Å². The largest absolute Gasteiger partial charge is 0.389 e. The Morgan fingerprint density at radius 3 is 2.33 bits per heavy atom. The number of aliphatic hydroxyl groups excluding tert-OH is 1. The Bertz CT molecular complexity index is 266. The molecule has 18 heavy (non-hydrogen) atoms. The zero-order valence-corrected chi connectivity index (χ0v) is 12.7. The van der Waals surface area contributed by atoms with Gasteiger partial charge in [0.1, 0.15) is 5.78 Å². The average molecular weight is 254 g/mol. The second kappa shape index (κ2) is 8.47. The number of carbonyl (C=O) groups excluding carboxylic acids is 1. The summed E-state index contributed by atoms with van der Waals surface area (Å²) < 4.78 is 0. The fourth-order valence-electron chi connectivity index (χ4n) is 1.59. The fraction of sp³-hybridized carbons (Fsp3) is 0.812. The number of Topliss-reactive ketones (excluding diaryl/α,β-unsaturated/α-hetero) is 1. The lowest BCUT2D eigenvalue weighted by Crippen LogP contribution is -2.09. The first kappa shape index (κ1) is 17.4. The normalized spacial score (nSPS) is 15.9. The van der Waals surface area contributed by atoms with Gasteiger partial charge in [-0.3, -0.25) is 4.79 Å². The first-order valence-electron chi connectivity index (χ1n) is 7.16. The molecule has 0 heterocycles. The lowest BCUT2D eigenvalue weighted by atomic mass is 9.89. The van der Waals surface area contributed by atoms with Crippen LogP contribution in [0.5, 0.6) is 0 Å². The van der Waals surface area contributed by atoms with E-state index in [4.69, 9.17) is 0 Å². The highest BCUT2D eigenvalue weighted by molar-refractivity contribution is 5.77. The maximum Gasteiger partial charge on any atom is 0.132 e. The van der Waals surface area contributed by atoms with Crippen molar-refractivity contribution in [1.29, 1.82) is 0 Å². The van der Waals surface area contributed by atoms with Crippen LogP contribution >= 0.6 is 0 Å². The predicted molar refractivity (Wildman–Crippen MR) is 77.5 cm³/mol. The number of carbonyl (C=O) groups is 1. The van der Waals surface area contributed by atoms with E-state index in [1.54, 1.807) is 6.92 Å². The minimum atomic E-state index is -0.344. The number of unbranched alkanes of at least 4 members (excludes halogenated alkanes) is 1. The van der Waals surface area contributed by atoms with Crippen molar-refractivity contribution >= 4 is 5.78 Å². The van der Waals surface area contributed by atoms with Gasteiger partial charge in [-0.1, -0.05) is 52.7 Å². The molecule has 106 valence electrons. The Morgan fingerprint density at radius 2 is 1.83 bits per heavy atom. The van der Waals surface area contributed by atoms with Crippen LogP contribution in [0.15, 0.2) is 12.2 Å². The third-order valence-corrected chi connectivity index (χ3v) is 3.76. The molecule has 0 radical (unpaired) electrons. The number of hydrogen-bond donors (Lipinski definition) is 1. The average Bonchev–Trinajstić information content (AvgIpc) is 2.31. The summed E-state index contributed by atoms with van der Waals surface area (Å²) in [5, 5.41) is 9.83. The SMILES string of the molecule is CCC(C)(C)C=CC(O)CCCCC(C)C(C)=O. The molecule has 0 fully saturated rings. The molecule has 0 amide bonds. The molecule has 0 bridgehead atoms. The maximum atomic E-state index is 11.1. The van der Waals surface area contributed by atoms with E-state index < -0.39 is 0 Å². The standard InChI is InChI=1S/C16H30O2/c1-6-16(4,5)12-11-15(18)10-8-7-9-13(2)14(3)17/h11-13,15,18H,6-10H2,1-5H3. The number of hydrogen-bond acceptors (Lipinski definition) is 2. The molecule has 2 atom stereocenters. The second-order valence-corrected chi connectivity index (χ2v) is 6.06. The highest BCUT2D eigenvalue weighted by atomic mass is 16.3. The fourth-order valence-corrected chi connectivity index (χ4v) is 1.59. The molecule has 0 aliphatic heterocycles. The topological polar surface area (TPSA) is 37.3 Å². The van der Waals surface area contributed by atoms with Crippen molar-refractivity contribution in [2.45, 2.75) is 72.8 Å². The Labute approximate surface area is 112 Å². The molecule has 2 unspecified atom stereocenters. The molecule has 2 nitrogen and oxygen atoms in total. The molecule has 0 rings (SSSR count). The Balaban J connectivity index is 3.78. The summed E-state index contributed by atoms with van der Waals surface area (Å²) in [7, 11) is 0. The Kier molecular flexibility index (Phi) is 8.17. The van der Waals surface area contributed by atoms with Gasteiger partial charge < -0.3 is 5.11 Å². The van der Waals surface area contributed by atoms with Crippen LogP contribution in [0.25, 0.3) is 0 Å². The first-order chi connectivity index (χ1) is 8.28. The lowest BCUT2D eigenvalue weighted by Gasteiger charge is -2.17. The third-order valence-electron chi connectivity index (χ3n) is 3.76. The van der Waals surface area contributed by atoms with Gasteiger partial charge in [0.2, 0.25) is 0 Å². The van der Waals surface area contributed by atoms with Gasteiger partial charge in [0.25, 0.3) is 0 Å². The van der Waals surface area contributed by atoms with Gasteiger partial charge in [-0.25, -0.2) is 0 Å². The second-order valence-electron chi connectivity index (χ2n) is 6.06. The Morgan fingerprint density at radius 1 is 1.28 bits per heavy atom. The van der Waals surface area contributed by atoms with Gasteiger partial charge in [0, 0.05) is 5.92 Å². The van der Waals surface area contributed by atoms with E-state index in [-0.39, 0.29) is 23.2 Å². The molecule has 0 saturated carbocycles. The van der Waals surface area contributed by atoms with Gasteiger partial charge in [0.15, 0.2) is 0 Å². The van der Waals surface area contributed by atoms with Gasteiger partial charge in [-0.15, -0.1) is 0 Å². The number of rotatable bonds is 9. The highest BCUT2D eigenvalue weighted by Crippen LogP contribution is 2.22. The van der Waals surface area contributed by atoms with E-state index in [2.05, 4.69) is 26.8 Å². The van der Waals surface area contributed by atoms with Crippen LogP contribution in [0, 0.1) is 11.3 Å². The molecule has 0 spiro atoms. The van der Waals surface area contributed by atoms with Crippen LogP contribution in [0.3, 0.4) is 0 Å². The summed E-state index contributed by atoms with van der Waals surface area (Å²) in [4.78, 5) is 11.1. The third kappa shape index (κ3) is 8.46. The van der Waals surface area contributed by atoms with Crippen molar-refractivity contribution in [3.05, 3.63) is 12.2 Å². The summed E-state index contributed by atoms with van der Waals surface area (Å²) in [5.74, 6) is 0.428. The van der Waals surface area contributed by atoms with E-state index in [0.29, 0.717) is 0 Å². The smallest absolute Gasteiger partial charge is 0.132 e. The predicted octanol–water partition coefficient (Wildman–Crippen LogP) is 4.13. The molecular formula is C16H30O2. The van der Waals surface area contributed by atoms with Crippen molar-refractivity contribution in [2.75, 3.05) is 0 Å². The molecular weight excluding hydrogens is 224 g/mol. The number of ketones is 1. The van der Waals surface area contributed by atoms with E-state index >= 15 is 0 Å². The molecule has 0 aliphatic rings. The molecule has 0 aromatic heterocycles. The van der Waals surface area contributed by atoms with E-state index in [9.17, 15) is 9.90 Å². The van der Waals surface area contributed by atoms with Gasteiger partial charge >= 0.3 is 0 Å². The highest BCUT2D eigenvalue weighted by Gasteiger charge is 2.11. The van der Waals surface area contributed by atoms with Crippen LogP contribution < -0.4 is 0 Å². The van der Waals surface area contributed by atoms with E-state index in [0.717, 1.165) is 32.1 Å². The monoisotopic (exact) mass is 254 g/mol. The van der Waals surface area contributed by atoms with Gasteiger partial charge in [0.05, 0.1) is 6.10 Å². The number of aliphatic hydroxyl groups is 1. The molecule has 1 N–H and O–H groups in total. The molecule has 0 aliphatic carbocycles. The molecule has 0 saturated heterocycles. The Hall–Kier alpha value is -0.630. The zero-order chi connectivity index (χ0) is 14.2. The summed E-state index contributed by atoms with van der Waals surface area (Å²) in [6.45, 7) is 10.1. The van der Waals surface area contributed by atoms with Crippen molar-refractivity contribution in [2.24, 2.45) is 11.3 Å². The summed E-state index contributed by atoms with van der Waals surface area (Å²) in [6.07, 6.45) is 8.48. The summed E-state index contributed by atoms with van der Waals surface area (Å²) in [6, 6.07) is 0. The maximum absolute atomic E-state index is 11.1. The lowest BCUT2D eigenvalue weighted by molar-refractivity contribution is -0.120. The van der Waals surface area contributed by atoms with Crippen LogP contribution in [-0.2, 0) is 4.79 Å². The number of allylic oxidation sites excluding steroid dienone is 1. The molecule has 0 aromatic rings. The van der Waals surface area contributed by atoms with Gasteiger partial charge in [-0.05, 0) is 31.6 Å². The van der Waals surface area contributed by atoms with Crippen LogP contribution in [-0.4, -0.2) is 17.0 Å². The van der Waals surface area contributed by atoms with Crippen LogP contribution in [0.2, 0.25) is 0 Å². The van der Waals surface area contributed by atoms with Crippen LogP contribution in [0.1, 0.15) is 66.7 Å². The van der Waals surface area contributed by atoms with E-state index in [1.165, 1.54) is 0 Å². The van der Waals surface area contributed by atoms with Crippen LogP contribution in [0.4, 0.5) is 0 Å². The summed E-state index contributed by atoms with van der Waals surface area (Å²) in [5.41, 5.74) is 0.171. The molecule has 0 aromatic carbocycles.